The van der Waals surface area contributed by atoms with Crippen molar-refractivity contribution in [3.63, 3.8) is 0 Å². The van der Waals surface area contributed by atoms with Gasteiger partial charge >= 0.3 is 11.9 Å². The van der Waals surface area contributed by atoms with Crippen LogP contribution in [0.25, 0.3) is 6.08 Å². The van der Waals surface area contributed by atoms with Crippen molar-refractivity contribution in [2.24, 2.45) is 4.99 Å². The molecule has 8 heteroatoms. The third kappa shape index (κ3) is 4.88. The second kappa shape index (κ2) is 9.58. The number of aliphatic imine (C=N–C) groups is 1. The first-order valence-corrected chi connectivity index (χ1v) is 10.2. The molecule has 3 aromatic rings. The van der Waals surface area contributed by atoms with Gasteiger partial charge in [0.15, 0.2) is 5.70 Å². The summed E-state index contributed by atoms with van der Waals surface area (Å²) in [6.45, 7) is 0. The van der Waals surface area contributed by atoms with Crippen molar-refractivity contribution in [1.29, 1.82) is 0 Å². The summed E-state index contributed by atoms with van der Waals surface area (Å²) in [5, 5.41) is 0.442. The highest BCUT2D eigenvalue weighted by atomic mass is 35.5. The Morgan fingerprint density at radius 3 is 2.45 bits per heavy atom. The first kappa shape index (κ1) is 22.1. The number of esters is 2. The Labute approximate surface area is 194 Å². The average Bonchev–Trinajstić information content (AvgIpc) is 3.20. The molecule has 33 heavy (non-hydrogen) atoms. The zero-order valence-corrected chi connectivity index (χ0v) is 18.5. The predicted molar refractivity (Wildman–Crippen MR) is 123 cm³/mol. The van der Waals surface area contributed by atoms with E-state index in [9.17, 15) is 9.59 Å². The van der Waals surface area contributed by atoms with Crippen LogP contribution in [0.2, 0.25) is 5.02 Å². The third-order valence-corrected chi connectivity index (χ3v) is 4.99. The molecule has 0 fully saturated rings. The number of carbonyl (C=O) groups excluding carboxylic acids is 2. The molecule has 0 spiro atoms. The summed E-state index contributed by atoms with van der Waals surface area (Å²) < 4.78 is 21.3. The number of ether oxygens (including phenoxy) is 4. The average molecular weight is 464 g/mol. The highest BCUT2D eigenvalue weighted by Gasteiger charge is 2.27. The van der Waals surface area contributed by atoms with Gasteiger partial charge in [0.1, 0.15) is 17.2 Å². The molecular formula is C25H18ClNO6. The number of para-hydroxylation sites is 1. The Hall–Kier alpha value is -4.10. The molecule has 0 saturated heterocycles. The number of methoxy groups -OCH3 is 2. The third-order valence-electron chi connectivity index (χ3n) is 4.75. The molecule has 0 N–H and O–H groups in total. The van der Waals surface area contributed by atoms with Crippen molar-refractivity contribution in [3.05, 3.63) is 94.1 Å². The van der Waals surface area contributed by atoms with Gasteiger partial charge in [0.05, 0.1) is 25.3 Å². The van der Waals surface area contributed by atoms with Crippen LogP contribution in [0.1, 0.15) is 21.5 Å². The van der Waals surface area contributed by atoms with Crippen molar-refractivity contribution in [2.75, 3.05) is 14.2 Å². The van der Waals surface area contributed by atoms with E-state index in [1.54, 1.807) is 73.8 Å². The topological polar surface area (TPSA) is 83.4 Å². The maximum absolute atomic E-state index is 12.6. The Kier molecular flexibility index (Phi) is 6.42. The minimum absolute atomic E-state index is 0.0416. The zero-order valence-electron chi connectivity index (χ0n) is 17.7. The lowest BCUT2D eigenvalue weighted by Gasteiger charge is -2.08. The van der Waals surface area contributed by atoms with Gasteiger partial charge in [-0.05, 0) is 54.6 Å². The van der Waals surface area contributed by atoms with Gasteiger partial charge in [-0.15, -0.1) is 0 Å². The number of hydrogen-bond donors (Lipinski definition) is 0. The van der Waals surface area contributed by atoms with E-state index >= 15 is 0 Å². The first-order valence-electron chi connectivity index (χ1n) is 9.80. The Morgan fingerprint density at radius 2 is 1.73 bits per heavy atom. The SMILES string of the molecule is COc1ccc(C(=O)Oc2ccccc2/C=C2\N=C(c3cc(Cl)ccc3OC)OC2=O)cc1. The van der Waals surface area contributed by atoms with E-state index in [0.29, 0.717) is 33.2 Å². The van der Waals surface area contributed by atoms with Crippen LogP contribution in [0.3, 0.4) is 0 Å². The summed E-state index contributed by atoms with van der Waals surface area (Å²) in [6.07, 6.45) is 1.49. The predicted octanol–water partition coefficient (Wildman–Crippen LogP) is 4.92. The normalized spacial score (nSPS) is 14.0. The molecule has 0 aliphatic carbocycles. The number of nitrogens with zero attached hydrogens (tertiary/aromatic N) is 1. The highest BCUT2D eigenvalue weighted by molar-refractivity contribution is 6.31. The molecule has 1 heterocycles. The lowest BCUT2D eigenvalue weighted by molar-refractivity contribution is -0.129. The molecule has 0 radical (unpaired) electrons. The molecule has 0 unspecified atom stereocenters. The van der Waals surface area contributed by atoms with Gasteiger partial charge in [-0.1, -0.05) is 29.8 Å². The van der Waals surface area contributed by atoms with Crippen molar-refractivity contribution < 1.29 is 28.5 Å². The lowest BCUT2D eigenvalue weighted by Crippen LogP contribution is -2.09. The standard InChI is InChI=1S/C25H18ClNO6/c1-30-18-10-7-15(8-11-18)24(28)32-21-6-4-3-5-16(21)13-20-25(29)33-23(27-20)19-14-17(26)9-12-22(19)31-2/h3-14H,1-2H3/b20-13-. The molecule has 7 nitrogen and oxygen atoms in total. The lowest BCUT2D eigenvalue weighted by atomic mass is 10.1. The first-order chi connectivity index (χ1) is 16.0. The van der Waals surface area contributed by atoms with Gasteiger partial charge < -0.3 is 18.9 Å². The van der Waals surface area contributed by atoms with Gasteiger partial charge in [0, 0.05) is 10.6 Å². The number of halogens is 1. The van der Waals surface area contributed by atoms with Gasteiger partial charge in [-0.25, -0.2) is 14.6 Å². The second-order valence-electron chi connectivity index (χ2n) is 6.84. The van der Waals surface area contributed by atoms with Crippen molar-refractivity contribution in [1.82, 2.24) is 0 Å². The minimum atomic E-state index is -0.650. The number of carbonyl (C=O) groups is 2. The quantitative estimate of drug-likeness (QED) is 0.293. The van der Waals surface area contributed by atoms with E-state index in [1.165, 1.54) is 13.2 Å². The second-order valence-corrected chi connectivity index (χ2v) is 7.27. The molecule has 4 rings (SSSR count). The van der Waals surface area contributed by atoms with Gasteiger partial charge in [0.25, 0.3) is 0 Å². The van der Waals surface area contributed by atoms with Crippen molar-refractivity contribution in [2.45, 2.75) is 0 Å². The zero-order chi connectivity index (χ0) is 23.4. The molecule has 166 valence electrons. The molecule has 0 saturated carbocycles. The maximum Gasteiger partial charge on any atom is 0.363 e. The minimum Gasteiger partial charge on any atom is -0.497 e. The Bertz CT molecular complexity index is 1280. The van der Waals surface area contributed by atoms with Crippen LogP contribution in [0.5, 0.6) is 17.2 Å². The fourth-order valence-corrected chi connectivity index (χ4v) is 3.27. The molecule has 3 aromatic carbocycles. The van der Waals surface area contributed by atoms with E-state index in [-0.39, 0.29) is 17.3 Å². The summed E-state index contributed by atoms with van der Waals surface area (Å²) in [6, 6.07) is 18.2. The van der Waals surface area contributed by atoms with Crippen LogP contribution < -0.4 is 14.2 Å². The Morgan fingerprint density at radius 1 is 0.970 bits per heavy atom. The van der Waals surface area contributed by atoms with Gasteiger partial charge in [-0.2, -0.15) is 0 Å². The van der Waals surface area contributed by atoms with Crippen LogP contribution >= 0.6 is 11.6 Å². The Balaban J connectivity index is 1.62. The summed E-state index contributed by atoms with van der Waals surface area (Å²) in [7, 11) is 3.04. The molecule has 0 amide bonds. The van der Waals surface area contributed by atoms with E-state index in [2.05, 4.69) is 4.99 Å². The van der Waals surface area contributed by atoms with Crippen LogP contribution in [-0.2, 0) is 9.53 Å². The van der Waals surface area contributed by atoms with Crippen LogP contribution in [0.15, 0.2) is 77.4 Å². The number of benzene rings is 3. The molecule has 0 bridgehead atoms. The summed E-state index contributed by atoms with van der Waals surface area (Å²) in [4.78, 5) is 29.3. The van der Waals surface area contributed by atoms with Crippen molar-refractivity contribution >= 4 is 35.5 Å². The van der Waals surface area contributed by atoms with E-state index in [1.807, 2.05) is 0 Å². The van der Waals surface area contributed by atoms with Crippen molar-refractivity contribution in [3.8, 4) is 17.2 Å². The molecule has 0 aromatic heterocycles. The largest absolute Gasteiger partial charge is 0.497 e. The number of hydrogen-bond acceptors (Lipinski definition) is 7. The van der Waals surface area contributed by atoms with Gasteiger partial charge in [-0.3, -0.25) is 0 Å². The monoisotopic (exact) mass is 463 g/mol. The van der Waals surface area contributed by atoms with Crippen LogP contribution in [0, 0.1) is 0 Å². The molecular weight excluding hydrogens is 446 g/mol. The number of cyclic esters (lactones) is 1. The maximum atomic E-state index is 12.6. The summed E-state index contributed by atoms with van der Waals surface area (Å²) in [5.74, 6) is 0.219. The fourth-order valence-electron chi connectivity index (χ4n) is 3.10. The fraction of sp³-hybridized carbons (Fsp3) is 0.0800. The molecule has 1 aliphatic heterocycles. The molecule has 1 aliphatic rings. The number of rotatable bonds is 6. The van der Waals surface area contributed by atoms with Gasteiger partial charge in [0.2, 0.25) is 5.90 Å². The smallest absolute Gasteiger partial charge is 0.363 e. The van der Waals surface area contributed by atoms with Crippen LogP contribution in [0.4, 0.5) is 0 Å². The summed E-state index contributed by atoms with van der Waals surface area (Å²) >= 11 is 6.07. The highest BCUT2D eigenvalue weighted by Crippen LogP contribution is 2.29. The van der Waals surface area contributed by atoms with E-state index in [0.717, 1.165) is 0 Å². The molecule has 0 atom stereocenters. The van der Waals surface area contributed by atoms with Crippen LogP contribution in [-0.4, -0.2) is 32.1 Å². The summed E-state index contributed by atoms with van der Waals surface area (Å²) in [5.41, 5.74) is 1.32. The van der Waals surface area contributed by atoms with E-state index < -0.39 is 11.9 Å². The van der Waals surface area contributed by atoms with E-state index in [4.69, 9.17) is 30.5 Å².